The number of imidazole rings is 1. The smallest absolute Gasteiger partial charge is 0.351 e. The molecule has 9 heteroatoms. The van der Waals surface area contributed by atoms with Crippen LogP contribution >= 0.6 is 12.2 Å². The van der Waals surface area contributed by atoms with Gasteiger partial charge in [-0.1, -0.05) is 0 Å². The first-order valence-electron chi connectivity index (χ1n) is 3.41. The number of H-pyrrole nitrogens is 1. The maximum Gasteiger partial charge on any atom is 0.351 e. The number of hydrogen-bond donors (Lipinski definition) is 1. The molecule has 1 aliphatic rings. The van der Waals surface area contributed by atoms with Crippen LogP contribution in [0.3, 0.4) is 0 Å². The molecule has 0 saturated carbocycles. The molecule has 2 rings (SSSR count). The molecule has 14 heavy (non-hydrogen) atoms. The zero-order chi connectivity index (χ0) is 10.1. The Bertz CT molecular complexity index is 474. The zero-order valence-corrected chi connectivity index (χ0v) is 7.35. The summed E-state index contributed by atoms with van der Waals surface area (Å²) < 4.78 is 0. The van der Waals surface area contributed by atoms with Crippen LogP contribution < -0.4 is 0 Å². The highest BCUT2D eigenvalue weighted by Gasteiger charge is 2.23. The number of nitro groups is 1. The Labute approximate surface area is 81.9 Å². The molecule has 0 bridgehead atoms. The third-order valence-electron chi connectivity index (χ3n) is 1.45. The number of aromatic nitrogens is 2. The van der Waals surface area contributed by atoms with Crippen LogP contribution in [0.5, 0.6) is 0 Å². The first-order valence-corrected chi connectivity index (χ1v) is 3.82. The molecule has 0 unspecified atom stereocenters. The second-order valence-electron chi connectivity index (χ2n) is 2.27. The second-order valence-corrected chi connectivity index (χ2v) is 2.64. The highest BCUT2D eigenvalue weighted by atomic mass is 32.1. The number of aromatic amines is 1. The number of amidine groups is 1. The summed E-state index contributed by atoms with van der Waals surface area (Å²) in [6.45, 7) is 0. The monoisotopic (exact) mass is 210 g/mol. The fourth-order valence-corrected chi connectivity index (χ4v) is 1.04. The van der Waals surface area contributed by atoms with Gasteiger partial charge in [-0.3, -0.25) is 0 Å². The third-order valence-corrected chi connectivity index (χ3v) is 1.62. The molecule has 0 aromatic carbocycles. The number of hydrogen-bond acceptors (Lipinski definition) is 5. The van der Waals surface area contributed by atoms with E-state index in [2.05, 4.69) is 37.4 Å². The van der Waals surface area contributed by atoms with Crippen LogP contribution in [0.25, 0.3) is 0 Å². The summed E-state index contributed by atoms with van der Waals surface area (Å²) in [5, 5.41) is 17.5. The Hall–Kier alpha value is -2.03. The molecule has 0 aliphatic carbocycles. The molecule has 0 radical (unpaired) electrons. The van der Waals surface area contributed by atoms with Gasteiger partial charge in [-0.05, 0) is 17.1 Å². The second kappa shape index (κ2) is 3.03. The number of nitrogens with zero attached hydrogens (tertiary/aromatic N) is 5. The average molecular weight is 210 g/mol. The highest BCUT2D eigenvalue weighted by molar-refractivity contribution is 7.80. The van der Waals surface area contributed by atoms with Gasteiger partial charge in [0, 0.05) is 0 Å². The molecular formula is C5H2N6O2S. The normalized spacial score (nSPS) is 14.6. The standard InChI is InChI=1S/C5H2N6O2S/c12-11(13)4-2(6-1-7-4)3-8-5(14)10-9-3/h1H,(H,6,7). The van der Waals surface area contributed by atoms with Gasteiger partial charge in [0.25, 0.3) is 0 Å². The fraction of sp³-hybridized carbons (Fsp3) is 0. The van der Waals surface area contributed by atoms with Crippen molar-refractivity contribution in [1.29, 1.82) is 0 Å². The van der Waals surface area contributed by atoms with Crippen LogP contribution in [-0.2, 0) is 0 Å². The van der Waals surface area contributed by atoms with Gasteiger partial charge < -0.3 is 10.1 Å². The van der Waals surface area contributed by atoms with Crippen molar-refractivity contribution in [3.05, 3.63) is 22.1 Å². The number of aliphatic imine (C=N–C) groups is 1. The van der Waals surface area contributed by atoms with Crippen molar-refractivity contribution in [3.8, 4) is 0 Å². The van der Waals surface area contributed by atoms with Crippen molar-refractivity contribution >= 4 is 29.0 Å². The predicted octanol–water partition coefficient (Wildman–Crippen LogP) is 0.815. The van der Waals surface area contributed by atoms with E-state index in [9.17, 15) is 10.1 Å². The maximum absolute atomic E-state index is 10.5. The lowest BCUT2D eigenvalue weighted by Crippen LogP contribution is -2.00. The van der Waals surface area contributed by atoms with Gasteiger partial charge >= 0.3 is 5.82 Å². The molecule has 1 aliphatic heterocycles. The zero-order valence-electron chi connectivity index (χ0n) is 6.54. The predicted molar refractivity (Wildman–Crippen MR) is 49.2 cm³/mol. The lowest BCUT2D eigenvalue weighted by Gasteiger charge is -1.91. The van der Waals surface area contributed by atoms with Gasteiger partial charge in [-0.15, -0.1) is 10.2 Å². The van der Waals surface area contributed by atoms with Gasteiger partial charge in [-0.25, -0.2) is 9.97 Å². The van der Waals surface area contributed by atoms with Crippen LogP contribution in [0.1, 0.15) is 5.69 Å². The number of azo groups is 1. The molecule has 8 nitrogen and oxygen atoms in total. The Morgan fingerprint density at radius 1 is 1.50 bits per heavy atom. The van der Waals surface area contributed by atoms with Crippen molar-refractivity contribution in [2.45, 2.75) is 0 Å². The molecule has 70 valence electrons. The van der Waals surface area contributed by atoms with E-state index >= 15 is 0 Å². The molecule has 1 aromatic heterocycles. The topological polar surface area (TPSA) is 109 Å². The summed E-state index contributed by atoms with van der Waals surface area (Å²) in [5.74, 6) is -0.213. The molecule has 1 N–H and O–H groups in total. The molecule has 1 aromatic rings. The van der Waals surface area contributed by atoms with E-state index in [4.69, 9.17) is 0 Å². The summed E-state index contributed by atoms with van der Waals surface area (Å²) in [5.41, 5.74) is 0.0404. The van der Waals surface area contributed by atoms with Gasteiger partial charge in [0.05, 0.1) is 0 Å². The lowest BCUT2D eigenvalue weighted by molar-refractivity contribution is -0.389. The van der Waals surface area contributed by atoms with Crippen molar-refractivity contribution < 1.29 is 4.92 Å². The summed E-state index contributed by atoms with van der Waals surface area (Å²) in [4.78, 5) is 19.7. The van der Waals surface area contributed by atoms with Gasteiger partial charge in [-0.2, -0.15) is 4.99 Å². The molecule has 0 saturated heterocycles. The van der Waals surface area contributed by atoms with Crippen LogP contribution in [0.4, 0.5) is 5.82 Å². The molecular weight excluding hydrogens is 208 g/mol. The average Bonchev–Trinajstić information content (AvgIpc) is 2.70. The molecule has 0 spiro atoms. The number of nitrogens with one attached hydrogen (secondary N) is 1. The Kier molecular flexibility index (Phi) is 1.85. The lowest BCUT2D eigenvalue weighted by atomic mass is 10.4. The van der Waals surface area contributed by atoms with E-state index in [0.29, 0.717) is 0 Å². The molecule has 2 heterocycles. The highest BCUT2D eigenvalue weighted by Crippen LogP contribution is 2.16. The van der Waals surface area contributed by atoms with Crippen LogP contribution in [0.15, 0.2) is 21.5 Å². The van der Waals surface area contributed by atoms with E-state index in [-0.39, 0.29) is 22.5 Å². The Balaban J connectivity index is 2.47. The van der Waals surface area contributed by atoms with E-state index in [1.54, 1.807) is 0 Å². The molecule has 0 amide bonds. The minimum absolute atomic E-state index is 0.0392. The third kappa shape index (κ3) is 1.29. The summed E-state index contributed by atoms with van der Waals surface area (Å²) in [6, 6.07) is 0. The minimum Gasteiger partial charge on any atom is -0.358 e. The minimum atomic E-state index is -0.609. The van der Waals surface area contributed by atoms with Crippen LogP contribution in [-0.4, -0.2) is 25.8 Å². The van der Waals surface area contributed by atoms with E-state index < -0.39 is 4.92 Å². The first-order chi connectivity index (χ1) is 6.68. The van der Waals surface area contributed by atoms with Crippen molar-refractivity contribution in [2.75, 3.05) is 0 Å². The Morgan fingerprint density at radius 3 is 2.86 bits per heavy atom. The van der Waals surface area contributed by atoms with Crippen molar-refractivity contribution in [1.82, 2.24) is 9.97 Å². The van der Waals surface area contributed by atoms with Crippen LogP contribution in [0, 0.1) is 10.1 Å². The van der Waals surface area contributed by atoms with Gasteiger partial charge in [0.2, 0.25) is 16.6 Å². The van der Waals surface area contributed by atoms with Crippen LogP contribution in [0.2, 0.25) is 0 Å². The SMILES string of the molecule is O=[N+]([O-])c1[nH]cnc1C1=NC(=S)N=N1. The van der Waals surface area contributed by atoms with E-state index in [1.807, 2.05) is 0 Å². The largest absolute Gasteiger partial charge is 0.358 e. The van der Waals surface area contributed by atoms with E-state index in [1.165, 1.54) is 6.33 Å². The van der Waals surface area contributed by atoms with Gasteiger partial charge in [0.15, 0.2) is 6.33 Å². The Morgan fingerprint density at radius 2 is 2.29 bits per heavy atom. The molecule has 0 fully saturated rings. The fourth-order valence-electron chi connectivity index (χ4n) is 0.916. The van der Waals surface area contributed by atoms with Crippen molar-refractivity contribution in [2.24, 2.45) is 15.2 Å². The summed E-state index contributed by atoms with van der Waals surface area (Å²) >= 11 is 4.62. The number of rotatable bonds is 2. The first kappa shape index (κ1) is 8.56. The maximum atomic E-state index is 10.5. The molecule has 0 atom stereocenters. The summed E-state index contributed by atoms with van der Waals surface area (Å²) in [6.07, 6.45) is 1.19. The summed E-state index contributed by atoms with van der Waals surface area (Å²) in [7, 11) is 0. The van der Waals surface area contributed by atoms with Crippen molar-refractivity contribution in [3.63, 3.8) is 0 Å². The van der Waals surface area contributed by atoms with Gasteiger partial charge in [0.1, 0.15) is 0 Å². The quantitative estimate of drug-likeness (QED) is 0.442. The number of thiocarbonyl (C=S) groups is 1. The van der Waals surface area contributed by atoms with E-state index in [0.717, 1.165) is 0 Å².